The normalized spacial score (nSPS) is 17.2. The van der Waals surface area contributed by atoms with Gasteiger partial charge in [-0.1, -0.05) is 56.3 Å². The molecule has 1 N–H and O–H groups in total. The number of amides is 1. The van der Waals surface area contributed by atoms with Gasteiger partial charge in [-0.05, 0) is 41.8 Å². The number of hydrogen-bond acceptors (Lipinski definition) is 5. The van der Waals surface area contributed by atoms with Gasteiger partial charge in [-0.2, -0.15) is 4.98 Å². The van der Waals surface area contributed by atoms with Crippen LogP contribution in [0.1, 0.15) is 48.1 Å². The highest BCUT2D eigenvalue weighted by Gasteiger charge is 2.33. The van der Waals surface area contributed by atoms with Crippen LogP contribution >= 0.6 is 11.6 Å². The highest BCUT2D eigenvalue weighted by atomic mass is 35.5. The van der Waals surface area contributed by atoms with Gasteiger partial charge in [-0.25, -0.2) is 9.18 Å². The number of benzene rings is 2. The third-order valence-corrected chi connectivity index (χ3v) is 7.84. The Kier molecular flexibility index (Phi) is 7.32. The van der Waals surface area contributed by atoms with Gasteiger partial charge in [0.15, 0.2) is 0 Å². The fourth-order valence-corrected chi connectivity index (χ4v) is 5.79. The molecule has 2 aliphatic rings. The van der Waals surface area contributed by atoms with E-state index in [9.17, 15) is 19.1 Å². The van der Waals surface area contributed by atoms with E-state index in [1.165, 1.54) is 24.3 Å². The molecule has 0 saturated carbocycles. The van der Waals surface area contributed by atoms with Gasteiger partial charge in [0.05, 0.1) is 5.69 Å². The zero-order valence-corrected chi connectivity index (χ0v) is 22.7. The summed E-state index contributed by atoms with van der Waals surface area (Å²) in [5, 5.41) is 10.9. The van der Waals surface area contributed by atoms with Crippen LogP contribution < -0.4 is 10.6 Å². The maximum absolute atomic E-state index is 15.0. The summed E-state index contributed by atoms with van der Waals surface area (Å²) in [7, 11) is 0. The van der Waals surface area contributed by atoms with Crippen LogP contribution in [0.4, 0.5) is 10.2 Å². The van der Waals surface area contributed by atoms with Gasteiger partial charge in [-0.3, -0.25) is 9.36 Å². The Labute approximate surface area is 231 Å². The molecule has 0 spiro atoms. The SMILES string of the molecule is C=CC(=O)N1CCN(c2nc(=O)n(-c3ccccc3C(C)C)c3c2C=C(Cl)C(c2c(O)cccc2F)C3)CC1. The van der Waals surface area contributed by atoms with Crippen molar-refractivity contribution in [1.29, 1.82) is 0 Å². The molecule has 39 heavy (non-hydrogen) atoms. The molecule has 1 unspecified atom stereocenters. The number of anilines is 1. The molecule has 202 valence electrons. The zero-order chi connectivity index (χ0) is 27.8. The molecular weight excluding hydrogens is 519 g/mol. The van der Waals surface area contributed by atoms with Crippen molar-refractivity contribution < 1.29 is 14.3 Å². The average molecular weight is 549 g/mol. The summed E-state index contributed by atoms with van der Waals surface area (Å²) in [5.74, 6) is -0.968. The fourth-order valence-electron chi connectivity index (χ4n) is 5.49. The van der Waals surface area contributed by atoms with Crippen molar-refractivity contribution in [3.8, 4) is 11.4 Å². The van der Waals surface area contributed by atoms with E-state index < -0.39 is 17.4 Å². The summed E-state index contributed by atoms with van der Waals surface area (Å²) >= 11 is 6.79. The van der Waals surface area contributed by atoms with Gasteiger partial charge in [-0.15, -0.1) is 0 Å². The molecule has 1 aromatic heterocycles. The summed E-state index contributed by atoms with van der Waals surface area (Å²) in [6.07, 6.45) is 3.21. The minimum atomic E-state index is -0.686. The number of allylic oxidation sites excluding steroid dienone is 1. The van der Waals surface area contributed by atoms with Crippen molar-refractivity contribution in [2.24, 2.45) is 0 Å². The minimum absolute atomic E-state index is 0.0930. The molecule has 2 aromatic carbocycles. The summed E-state index contributed by atoms with van der Waals surface area (Å²) in [6.45, 7) is 9.56. The van der Waals surface area contributed by atoms with E-state index in [2.05, 4.69) is 25.4 Å². The molecule has 1 aliphatic carbocycles. The highest BCUT2D eigenvalue weighted by molar-refractivity contribution is 6.32. The molecule has 1 aliphatic heterocycles. The standard InChI is InChI=1S/C30H30ClFN4O3/c1-4-27(38)34-12-14-35(15-13-34)29-21-16-22(31)20(28-23(32)9-7-11-26(28)37)17-25(21)36(30(39)33-29)24-10-6-5-8-19(24)18(2)3/h4-11,16,18,20,37H,1,12-15,17H2,2-3H3. The third-order valence-electron chi connectivity index (χ3n) is 7.47. The Morgan fingerprint density at radius 3 is 2.54 bits per heavy atom. The van der Waals surface area contributed by atoms with E-state index in [-0.39, 0.29) is 29.6 Å². The van der Waals surface area contributed by atoms with Crippen LogP contribution in [0.5, 0.6) is 5.75 Å². The molecule has 0 radical (unpaired) electrons. The Bertz CT molecular complexity index is 1520. The van der Waals surface area contributed by atoms with Crippen LogP contribution in [0, 0.1) is 5.82 Å². The predicted molar refractivity (Wildman–Crippen MR) is 151 cm³/mol. The van der Waals surface area contributed by atoms with Crippen LogP contribution in [0.25, 0.3) is 11.8 Å². The van der Waals surface area contributed by atoms with Crippen molar-refractivity contribution in [3.63, 3.8) is 0 Å². The van der Waals surface area contributed by atoms with E-state index in [4.69, 9.17) is 11.6 Å². The number of carbonyl (C=O) groups is 1. The summed E-state index contributed by atoms with van der Waals surface area (Å²) < 4.78 is 16.6. The van der Waals surface area contributed by atoms with Gasteiger partial charge in [0.1, 0.15) is 17.4 Å². The molecule has 9 heteroatoms. The van der Waals surface area contributed by atoms with Crippen LogP contribution in [0.3, 0.4) is 0 Å². The first kappa shape index (κ1) is 26.7. The van der Waals surface area contributed by atoms with Crippen molar-refractivity contribution >= 4 is 29.4 Å². The van der Waals surface area contributed by atoms with E-state index in [0.717, 1.165) is 5.56 Å². The maximum atomic E-state index is 15.0. The second-order valence-electron chi connectivity index (χ2n) is 10.1. The van der Waals surface area contributed by atoms with Crippen molar-refractivity contribution in [2.45, 2.75) is 32.1 Å². The van der Waals surface area contributed by atoms with E-state index in [1.807, 2.05) is 29.2 Å². The number of phenolic OH excluding ortho intramolecular Hbond substituents is 1. The third kappa shape index (κ3) is 4.85. The number of phenols is 1. The van der Waals surface area contributed by atoms with Gasteiger partial charge in [0, 0.05) is 60.4 Å². The molecule has 3 aromatic rings. The number of nitrogens with zero attached hydrogens (tertiary/aromatic N) is 4. The predicted octanol–water partition coefficient (Wildman–Crippen LogP) is 4.95. The first-order valence-corrected chi connectivity index (χ1v) is 13.3. The number of halogens is 2. The quantitative estimate of drug-likeness (QED) is 0.456. The number of carbonyl (C=O) groups excluding carboxylic acids is 1. The highest BCUT2D eigenvalue weighted by Crippen LogP contribution is 2.44. The van der Waals surface area contributed by atoms with Crippen LogP contribution in [0.2, 0.25) is 0 Å². The first-order chi connectivity index (χ1) is 18.7. The average Bonchev–Trinajstić information content (AvgIpc) is 2.93. The lowest BCUT2D eigenvalue weighted by Gasteiger charge is -2.37. The largest absolute Gasteiger partial charge is 0.508 e. The van der Waals surface area contributed by atoms with Crippen LogP contribution in [0.15, 0.2) is 64.9 Å². The van der Waals surface area contributed by atoms with Crippen molar-refractivity contribution in [1.82, 2.24) is 14.5 Å². The second-order valence-corrected chi connectivity index (χ2v) is 10.5. The molecule has 1 amide bonds. The molecule has 7 nitrogen and oxygen atoms in total. The fraction of sp³-hybridized carbons (Fsp3) is 0.300. The van der Waals surface area contributed by atoms with E-state index >= 15 is 0 Å². The van der Waals surface area contributed by atoms with Crippen molar-refractivity contribution in [2.75, 3.05) is 31.1 Å². The Morgan fingerprint density at radius 1 is 1.15 bits per heavy atom. The molecule has 1 atom stereocenters. The van der Waals surface area contributed by atoms with Gasteiger partial charge >= 0.3 is 5.69 Å². The lowest BCUT2D eigenvalue weighted by Crippen LogP contribution is -2.49. The number of para-hydroxylation sites is 1. The molecule has 5 rings (SSSR count). The number of aromatic hydroxyl groups is 1. The molecule has 2 heterocycles. The topological polar surface area (TPSA) is 78.7 Å². The summed E-state index contributed by atoms with van der Waals surface area (Å²) in [4.78, 5) is 34.1. The number of hydrogen-bond donors (Lipinski definition) is 1. The van der Waals surface area contributed by atoms with Crippen molar-refractivity contribution in [3.05, 3.63) is 98.8 Å². The monoisotopic (exact) mass is 548 g/mol. The number of fused-ring (bicyclic) bond motifs is 1. The molecule has 1 saturated heterocycles. The first-order valence-electron chi connectivity index (χ1n) is 13.0. The number of piperazine rings is 1. The molecular formula is C30H30ClFN4O3. The minimum Gasteiger partial charge on any atom is -0.508 e. The van der Waals surface area contributed by atoms with E-state index in [0.29, 0.717) is 54.0 Å². The van der Waals surface area contributed by atoms with Crippen LogP contribution in [-0.4, -0.2) is 51.6 Å². The lowest BCUT2D eigenvalue weighted by atomic mass is 9.86. The number of rotatable bonds is 5. The summed E-state index contributed by atoms with van der Waals surface area (Å²) in [5.41, 5.74) is 2.63. The smallest absolute Gasteiger partial charge is 0.354 e. The van der Waals surface area contributed by atoms with E-state index in [1.54, 1.807) is 15.5 Å². The second kappa shape index (κ2) is 10.7. The Morgan fingerprint density at radius 2 is 1.87 bits per heavy atom. The maximum Gasteiger partial charge on any atom is 0.354 e. The molecule has 1 fully saturated rings. The summed E-state index contributed by atoms with van der Waals surface area (Å²) in [6, 6.07) is 11.8. The zero-order valence-electron chi connectivity index (χ0n) is 21.9. The van der Waals surface area contributed by atoms with Gasteiger partial charge in [0.2, 0.25) is 5.91 Å². The lowest BCUT2D eigenvalue weighted by molar-refractivity contribution is -0.126. The Hall–Kier alpha value is -3.91. The van der Waals surface area contributed by atoms with Crippen LogP contribution in [-0.2, 0) is 11.2 Å². The number of aromatic nitrogens is 2. The van der Waals surface area contributed by atoms with Gasteiger partial charge < -0.3 is 14.9 Å². The molecule has 0 bridgehead atoms. The van der Waals surface area contributed by atoms with Gasteiger partial charge in [0.25, 0.3) is 0 Å². The Balaban J connectivity index is 1.69.